The van der Waals surface area contributed by atoms with Gasteiger partial charge in [-0.1, -0.05) is 18.9 Å². The first-order chi connectivity index (χ1) is 13.5. The van der Waals surface area contributed by atoms with Gasteiger partial charge in [-0.15, -0.1) is 0 Å². The van der Waals surface area contributed by atoms with Crippen molar-refractivity contribution in [3.8, 4) is 0 Å². The number of sulfone groups is 1. The molecule has 3 fully saturated rings. The number of anilines is 1. The van der Waals surface area contributed by atoms with Crippen LogP contribution in [0.4, 0.5) is 10.5 Å². The predicted molar refractivity (Wildman–Crippen MR) is 110 cm³/mol. The van der Waals surface area contributed by atoms with E-state index >= 15 is 0 Å². The number of nitrogens with zero attached hydrogens (tertiary/aromatic N) is 2. The zero-order valence-electron chi connectivity index (χ0n) is 16.5. The minimum atomic E-state index is -3.31. The van der Waals surface area contributed by atoms with Crippen molar-refractivity contribution in [3.05, 3.63) is 24.3 Å². The van der Waals surface area contributed by atoms with Gasteiger partial charge in [-0.2, -0.15) is 0 Å². The van der Waals surface area contributed by atoms with Crippen molar-refractivity contribution in [2.45, 2.75) is 67.6 Å². The highest BCUT2D eigenvalue weighted by atomic mass is 32.2. The molecule has 2 amide bonds. The largest absolute Gasteiger partial charge is 0.323 e. The highest BCUT2D eigenvalue weighted by Gasteiger charge is 2.31. The van der Waals surface area contributed by atoms with Crippen molar-refractivity contribution >= 4 is 21.6 Å². The average molecular weight is 406 g/mol. The Hall–Kier alpha value is -1.60. The molecular formula is C21H31N3O3S. The molecule has 154 valence electrons. The Morgan fingerprint density at radius 3 is 2.46 bits per heavy atom. The second-order valence-electron chi connectivity index (χ2n) is 8.39. The topological polar surface area (TPSA) is 69.7 Å². The lowest BCUT2D eigenvalue weighted by atomic mass is 10.0. The summed E-state index contributed by atoms with van der Waals surface area (Å²) in [6, 6.07) is 7.09. The Balaban J connectivity index is 1.41. The molecule has 4 rings (SSSR count). The van der Waals surface area contributed by atoms with Crippen LogP contribution in [0.2, 0.25) is 0 Å². The van der Waals surface area contributed by atoms with Crippen LogP contribution in [-0.2, 0) is 9.84 Å². The summed E-state index contributed by atoms with van der Waals surface area (Å²) in [5, 5.41) is 2.65. The van der Waals surface area contributed by atoms with Gasteiger partial charge in [0.2, 0.25) is 0 Å². The van der Waals surface area contributed by atoms with Crippen molar-refractivity contribution in [3.63, 3.8) is 0 Å². The van der Waals surface area contributed by atoms with E-state index in [1.807, 2.05) is 4.90 Å². The van der Waals surface area contributed by atoms with Gasteiger partial charge in [0.15, 0.2) is 9.84 Å². The zero-order chi connectivity index (χ0) is 19.6. The molecule has 6 nitrogen and oxygen atoms in total. The third-order valence-corrected chi connectivity index (χ3v) is 8.76. The maximum Gasteiger partial charge on any atom is 0.321 e. The number of hydrogen-bond acceptors (Lipinski definition) is 4. The molecule has 1 aromatic carbocycles. The number of rotatable bonds is 4. The number of nitrogens with one attached hydrogen (secondary N) is 1. The summed E-state index contributed by atoms with van der Waals surface area (Å²) in [5.74, 6) is 0. The predicted octanol–water partition coefficient (Wildman–Crippen LogP) is 3.50. The number of benzene rings is 1. The van der Waals surface area contributed by atoms with Gasteiger partial charge in [0.1, 0.15) is 0 Å². The van der Waals surface area contributed by atoms with Gasteiger partial charge in [0, 0.05) is 24.8 Å². The molecule has 1 N–H and O–H groups in total. The summed E-state index contributed by atoms with van der Waals surface area (Å²) >= 11 is 0. The molecule has 7 heteroatoms. The number of amides is 2. The number of hydrogen-bond donors (Lipinski definition) is 1. The number of urea groups is 1. The van der Waals surface area contributed by atoms with Crippen LogP contribution in [0.1, 0.15) is 51.4 Å². The van der Waals surface area contributed by atoms with Gasteiger partial charge < -0.3 is 10.2 Å². The van der Waals surface area contributed by atoms with Crippen LogP contribution in [0.5, 0.6) is 0 Å². The van der Waals surface area contributed by atoms with Gasteiger partial charge in [-0.3, -0.25) is 4.90 Å². The molecule has 1 atom stereocenters. The third kappa shape index (κ3) is 4.20. The highest BCUT2D eigenvalue weighted by molar-refractivity contribution is 7.92. The molecule has 0 spiro atoms. The van der Waals surface area contributed by atoms with Crippen molar-refractivity contribution in [2.24, 2.45) is 0 Å². The molecule has 2 aliphatic heterocycles. The van der Waals surface area contributed by atoms with Crippen LogP contribution >= 0.6 is 0 Å². The maximum absolute atomic E-state index is 12.8. The molecule has 28 heavy (non-hydrogen) atoms. The quantitative estimate of drug-likeness (QED) is 0.832. The van der Waals surface area contributed by atoms with E-state index in [1.165, 1.54) is 12.8 Å². The van der Waals surface area contributed by atoms with Gasteiger partial charge in [0.25, 0.3) is 0 Å². The van der Waals surface area contributed by atoms with Crippen LogP contribution in [0.3, 0.4) is 0 Å². The monoisotopic (exact) mass is 405 g/mol. The second kappa shape index (κ2) is 8.41. The lowest BCUT2D eigenvalue weighted by molar-refractivity contribution is 0.132. The van der Waals surface area contributed by atoms with Gasteiger partial charge in [0.05, 0.1) is 10.1 Å². The molecule has 2 heterocycles. The van der Waals surface area contributed by atoms with E-state index in [4.69, 9.17) is 0 Å². The van der Waals surface area contributed by atoms with E-state index in [9.17, 15) is 13.2 Å². The number of likely N-dealkylation sites (tertiary alicyclic amines) is 2. The number of carbonyl (C=O) groups is 1. The number of carbonyl (C=O) groups excluding carboxylic acids is 1. The average Bonchev–Trinajstić information content (AvgIpc) is 3.42. The summed E-state index contributed by atoms with van der Waals surface area (Å²) in [5.41, 5.74) is 0.562. The van der Waals surface area contributed by atoms with E-state index in [2.05, 4.69) is 10.2 Å². The van der Waals surface area contributed by atoms with Gasteiger partial charge in [-0.05, 0) is 69.8 Å². The first-order valence-electron chi connectivity index (χ1n) is 10.7. The fourth-order valence-electron chi connectivity index (χ4n) is 4.89. The van der Waals surface area contributed by atoms with Crippen molar-refractivity contribution in [1.82, 2.24) is 9.80 Å². The minimum Gasteiger partial charge on any atom is -0.323 e. The van der Waals surface area contributed by atoms with E-state index < -0.39 is 9.84 Å². The molecular weight excluding hydrogens is 374 g/mol. The van der Waals surface area contributed by atoms with E-state index in [-0.39, 0.29) is 11.3 Å². The molecule has 2 saturated heterocycles. The Morgan fingerprint density at radius 2 is 1.71 bits per heavy atom. The molecule has 0 radical (unpaired) electrons. The molecule has 3 aliphatic rings. The lowest BCUT2D eigenvalue weighted by Crippen LogP contribution is -2.50. The summed E-state index contributed by atoms with van der Waals surface area (Å²) in [6.45, 7) is 3.80. The fourth-order valence-corrected chi connectivity index (χ4v) is 6.79. The Bertz CT molecular complexity index is 799. The maximum atomic E-state index is 12.8. The Kier molecular flexibility index (Phi) is 5.92. The fraction of sp³-hybridized carbons (Fsp3) is 0.667. The van der Waals surface area contributed by atoms with E-state index in [1.54, 1.807) is 24.3 Å². The molecule has 0 aromatic heterocycles. The molecule has 1 aromatic rings. The Labute approximate surface area is 168 Å². The normalized spacial score (nSPS) is 24.6. The van der Waals surface area contributed by atoms with E-state index in [0.29, 0.717) is 16.6 Å². The summed E-state index contributed by atoms with van der Waals surface area (Å²) in [7, 11) is -3.31. The second-order valence-corrected chi connectivity index (χ2v) is 10.6. The minimum absolute atomic E-state index is 0.126. The van der Waals surface area contributed by atoms with Gasteiger partial charge in [-0.25, -0.2) is 13.2 Å². The zero-order valence-corrected chi connectivity index (χ0v) is 17.3. The van der Waals surface area contributed by atoms with Crippen molar-refractivity contribution < 1.29 is 13.2 Å². The van der Waals surface area contributed by atoms with Crippen LogP contribution in [0.25, 0.3) is 0 Å². The SMILES string of the molecule is O=C(Nc1cccc(S(=O)(=O)C2CCCC2)c1)N1CCCC(N2CCCC2)C1. The third-order valence-electron chi connectivity index (χ3n) is 6.50. The van der Waals surface area contributed by atoms with E-state index in [0.717, 1.165) is 64.7 Å². The van der Waals surface area contributed by atoms with Crippen LogP contribution in [-0.4, -0.2) is 61.7 Å². The van der Waals surface area contributed by atoms with Crippen LogP contribution in [0, 0.1) is 0 Å². The molecule has 1 aliphatic carbocycles. The molecule has 1 saturated carbocycles. The smallest absolute Gasteiger partial charge is 0.321 e. The number of piperidine rings is 1. The highest BCUT2D eigenvalue weighted by Crippen LogP contribution is 2.30. The summed E-state index contributed by atoms with van der Waals surface area (Å²) < 4.78 is 25.7. The summed E-state index contributed by atoms with van der Waals surface area (Å²) in [6.07, 6.45) is 8.12. The van der Waals surface area contributed by atoms with Crippen LogP contribution in [0.15, 0.2) is 29.2 Å². The molecule has 0 bridgehead atoms. The lowest BCUT2D eigenvalue weighted by Gasteiger charge is -2.37. The summed E-state index contributed by atoms with van der Waals surface area (Å²) in [4.78, 5) is 17.5. The Morgan fingerprint density at radius 1 is 0.964 bits per heavy atom. The first kappa shape index (κ1) is 19.7. The van der Waals surface area contributed by atoms with Gasteiger partial charge >= 0.3 is 6.03 Å². The standard InChI is InChI=1S/C21H31N3O3S/c25-21(24-14-6-8-18(16-24)23-12-3-4-13-23)22-17-7-5-11-20(15-17)28(26,27)19-9-1-2-10-19/h5,7,11,15,18-19H,1-4,6,8-10,12-14,16H2,(H,22,25). The van der Waals surface area contributed by atoms with Crippen LogP contribution < -0.4 is 5.32 Å². The first-order valence-corrected chi connectivity index (χ1v) is 12.2. The van der Waals surface area contributed by atoms with Crippen molar-refractivity contribution in [2.75, 3.05) is 31.5 Å². The van der Waals surface area contributed by atoms with Crippen molar-refractivity contribution in [1.29, 1.82) is 0 Å². The molecule has 1 unspecified atom stereocenters.